The van der Waals surface area contributed by atoms with Crippen LogP contribution in [0.25, 0.3) is 0 Å². The molecule has 0 amide bonds. The maximum atomic E-state index is 10.5. The zero-order valence-electron chi connectivity index (χ0n) is 12.9. The Morgan fingerprint density at radius 1 is 1.43 bits per heavy atom. The third-order valence-corrected chi connectivity index (χ3v) is 4.47. The zero-order chi connectivity index (χ0) is 14.8. The molecule has 0 aliphatic carbocycles. The van der Waals surface area contributed by atoms with E-state index in [2.05, 4.69) is 11.8 Å². The fraction of sp³-hybridized carbons (Fsp3) is 0.647. The summed E-state index contributed by atoms with van der Waals surface area (Å²) in [5.41, 5.74) is 1.06. The lowest BCUT2D eigenvalue weighted by atomic mass is 9.92. The van der Waals surface area contributed by atoms with Crippen LogP contribution < -0.4 is 9.47 Å². The van der Waals surface area contributed by atoms with Crippen molar-refractivity contribution in [3.8, 4) is 11.5 Å². The average Bonchev–Trinajstić information content (AvgIpc) is 2.47. The van der Waals surface area contributed by atoms with Gasteiger partial charge in [0.2, 0.25) is 0 Å². The number of fused-ring (bicyclic) bond motifs is 1. The van der Waals surface area contributed by atoms with Gasteiger partial charge in [-0.05, 0) is 50.4 Å². The molecule has 0 saturated carbocycles. The molecule has 2 heterocycles. The molecule has 3 rings (SSSR count). The van der Waals surface area contributed by atoms with E-state index in [0.29, 0.717) is 19.1 Å². The molecule has 1 aromatic carbocycles. The molecule has 0 aromatic heterocycles. The van der Waals surface area contributed by atoms with Crippen LogP contribution in [0, 0.1) is 5.92 Å². The molecule has 21 heavy (non-hydrogen) atoms. The van der Waals surface area contributed by atoms with Gasteiger partial charge in [0.1, 0.15) is 24.2 Å². The first kappa shape index (κ1) is 14.7. The third kappa shape index (κ3) is 3.01. The van der Waals surface area contributed by atoms with Gasteiger partial charge in [-0.1, -0.05) is 6.92 Å². The highest BCUT2D eigenvalue weighted by Crippen LogP contribution is 2.39. The number of ether oxygens (including phenoxy) is 2. The lowest BCUT2D eigenvalue weighted by Crippen LogP contribution is -2.46. The van der Waals surface area contributed by atoms with E-state index in [0.717, 1.165) is 30.2 Å². The minimum absolute atomic E-state index is 0.0249. The Morgan fingerprint density at radius 3 is 3.05 bits per heavy atom. The number of piperidine rings is 1. The second-order valence-electron chi connectivity index (χ2n) is 6.20. The molecule has 2 aliphatic heterocycles. The molecule has 1 saturated heterocycles. The fourth-order valence-electron chi connectivity index (χ4n) is 3.54. The summed E-state index contributed by atoms with van der Waals surface area (Å²) in [4.78, 5) is 2.41. The molecular weight excluding hydrogens is 266 g/mol. The molecular formula is C17H25NO3. The topological polar surface area (TPSA) is 41.9 Å². The second-order valence-corrected chi connectivity index (χ2v) is 6.20. The summed E-state index contributed by atoms with van der Waals surface area (Å²) in [6.45, 7) is 7.37. The number of rotatable bonds is 3. The van der Waals surface area contributed by atoms with Crippen LogP contribution in [-0.2, 0) is 0 Å². The summed E-state index contributed by atoms with van der Waals surface area (Å²) in [7, 11) is 0. The van der Waals surface area contributed by atoms with E-state index in [1.165, 1.54) is 12.8 Å². The quantitative estimate of drug-likeness (QED) is 0.929. The van der Waals surface area contributed by atoms with Crippen LogP contribution in [0.15, 0.2) is 18.2 Å². The van der Waals surface area contributed by atoms with Crippen molar-refractivity contribution in [3.63, 3.8) is 0 Å². The van der Waals surface area contributed by atoms with Crippen molar-refractivity contribution >= 4 is 0 Å². The summed E-state index contributed by atoms with van der Waals surface area (Å²) in [5.74, 6) is 2.42. The molecule has 0 spiro atoms. The van der Waals surface area contributed by atoms with Crippen LogP contribution >= 0.6 is 0 Å². The predicted molar refractivity (Wildman–Crippen MR) is 81.8 cm³/mol. The first-order chi connectivity index (χ1) is 10.2. The monoisotopic (exact) mass is 291 g/mol. The van der Waals surface area contributed by atoms with Crippen LogP contribution in [0.5, 0.6) is 11.5 Å². The van der Waals surface area contributed by atoms with Gasteiger partial charge in [-0.3, -0.25) is 4.90 Å². The number of hydrogen-bond donors (Lipinski definition) is 1. The van der Waals surface area contributed by atoms with Crippen LogP contribution in [0.2, 0.25) is 0 Å². The minimum atomic E-state index is -0.473. The molecule has 1 aromatic rings. The van der Waals surface area contributed by atoms with Gasteiger partial charge in [0.25, 0.3) is 0 Å². The summed E-state index contributed by atoms with van der Waals surface area (Å²) >= 11 is 0. The smallest absolute Gasteiger partial charge is 0.124 e. The van der Waals surface area contributed by atoms with Gasteiger partial charge in [0, 0.05) is 12.1 Å². The lowest BCUT2D eigenvalue weighted by molar-refractivity contribution is -0.0141. The molecule has 3 unspecified atom stereocenters. The van der Waals surface area contributed by atoms with Crippen LogP contribution in [0.3, 0.4) is 0 Å². The maximum Gasteiger partial charge on any atom is 0.124 e. The number of aliphatic hydroxyl groups excluding tert-OH is 1. The van der Waals surface area contributed by atoms with Crippen molar-refractivity contribution in [3.05, 3.63) is 23.8 Å². The second kappa shape index (κ2) is 6.24. The Morgan fingerprint density at radius 2 is 2.29 bits per heavy atom. The molecule has 1 N–H and O–H groups in total. The Kier molecular flexibility index (Phi) is 4.36. The summed E-state index contributed by atoms with van der Waals surface area (Å²) < 4.78 is 11.3. The van der Waals surface area contributed by atoms with Crippen LogP contribution in [-0.4, -0.2) is 42.4 Å². The van der Waals surface area contributed by atoms with Crippen molar-refractivity contribution < 1.29 is 14.6 Å². The normalized spacial score (nSPS) is 29.6. The van der Waals surface area contributed by atoms with Crippen molar-refractivity contribution in [2.24, 2.45) is 5.92 Å². The van der Waals surface area contributed by atoms with E-state index in [1.54, 1.807) is 0 Å². The highest BCUT2D eigenvalue weighted by Gasteiger charge is 2.36. The van der Waals surface area contributed by atoms with Gasteiger partial charge in [-0.15, -0.1) is 0 Å². The van der Waals surface area contributed by atoms with Crippen LogP contribution in [0.4, 0.5) is 0 Å². The first-order valence-corrected chi connectivity index (χ1v) is 8.00. The molecule has 3 atom stereocenters. The van der Waals surface area contributed by atoms with Crippen molar-refractivity contribution in [2.45, 2.75) is 38.8 Å². The number of benzene rings is 1. The molecule has 1 fully saturated rings. The largest absolute Gasteiger partial charge is 0.494 e. The van der Waals surface area contributed by atoms with E-state index < -0.39 is 6.10 Å². The van der Waals surface area contributed by atoms with E-state index in [4.69, 9.17) is 9.47 Å². The molecule has 4 heteroatoms. The van der Waals surface area contributed by atoms with Gasteiger partial charge in [0.05, 0.1) is 12.6 Å². The van der Waals surface area contributed by atoms with E-state index >= 15 is 0 Å². The highest BCUT2D eigenvalue weighted by atomic mass is 16.5. The van der Waals surface area contributed by atoms with Gasteiger partial charge >= 0.3 is 0 Å². The summed E-state index contributed by atoms with van der Waals surface area (Å²) in [6.07, 6.45) is 2.01. The number of likely N-dealkylation sites (tertiary alicyclic amines) is 1. The van der Waals surface area contributed by atoms with Crippen molar-refractivity contribution in [1.29, 1.82) is 0 Å². The summed E-state index contributed by atoms with van der Waals surface area (Å²) in [6, 6.07) is 5.96. The maximum absolute atomic E-state index is 10.5. The standard InChI is InChI=1S/C17H25NO3/c1-3-20-13-6-7-16-14(9-13)17(15(19)11-21-16)18-8-4-5-12(2)10-18/h6-7,9,12,15,17,19H,3-5,8,10-11H2,1-2H3. The Hall–Kier alpha value is -1.26. The van der Waals surface area contributed by atoms with Crippen molar-refractivity contribution in [1.82, 2.24) is 4.90 Å². The van der Waals surface area contributed by atoms with Crippen LogP contribution in [0.1, 0.15) is 38.3 Å². The Bertz CT molecular complexity index is 491. The third-order valence-electron chi connectivity index (χ3n) is 4.47. The minimum Gasteiger partial charge on any atom is -0.494 e. The predicted octanol–water partition coefficient (Wildman–Crippen LogP) is 2.61. The van der Waals surface area contributed by atoms with Gasteiger partial charge in [-0.25, -0.2) is 0 Å². The van der Waals surface area contributed by atoms with Crippen molar-refractivity contribution in [2.75, 3.05) is 26.3 Å². The fourth-order valence-corrected chi connectivity index (χ4v) is 3.54. The zero-order valence-corrected chi connectivity index (χ0v) is 12.9. The molecule has 2 aliphatic rings. The van der Waals surface area contributed by atoms with Gasteiger partial charge < -0.3 is 14.6 Å². The average molecular weight is 291 g/mol. The number of aliphatic hydroxyl groups is 1. The lowest BCUT2D eigenvalue weighted by Gasteiger charge is -2.42. The first-order valence-electron chi connectivity index (χ1n) is 8.00. The van der Waals surface area contributed by atoms with Gasteiger partial charge in [-0.2, -0.15) is 0 Å². The van der Waals surface area contributed by atoms with Gasteiger partial charge in [0.15, 0.2) is 0 Å². The summed E-state index contributed by atoms with van der Waals surface area (Å²) in [5, 5.41) is 10.5. The number of hydrogen-bond acceptors (Lipinski definition) is 4. The van der Waals surface area contributed by atoms with E-state index in [1.807, 2.05) is 25.1 Å². The van der Waals surface area contributed by atoms with E-state index in [9.17, 15) is 5.11 Å². The molecule has 116 valence electrons. The molecule has 0 radical (unpaired) electrons. The highest BCUT2D eigenvalue weighted by molar-refractivity contribution is 5.44. The SMILES string of the molecule is CCOc1ccc2c(c1)C(N1CCCC(C)C1)C(O)CO2. The molecule has 4 nitrogen and oxygen atoms in total. The Balaban J connectivity index is 1.91. The van der Waals surface area contributed by atoms with E-state index in [-0.39, 0.29) is 6.04 Å². The Labute approximate surface area is 126 Å². The molecule has 0 bridgehead atoms. The number of nitrogens with zero attached hydrogens (tertiary/aromatic N) is 1.